The van der Waals surface area contributed by atoms with Crippen LogP contribution in [0, 0.1) is 0 Å². The van der Waals surface area contributed by atoms with Gasteiger partial charge >= 0.3 is 5.97 Å². The molecule has 2 aromatic heterocycles. The molecule has 0 spiro atoms. The number of rotatable bonds is 3. The van der Waals surface area contributed by atoms with E-state index in [9.17, 15) is 9.90 Å². The highest BCUT2D eigenvalue weighted by Crippen LogP contribution is 2.23. The summed E-state index contributed by atoms with van der Waals surface area (Å²) in [5.41, 5.74) is 1.43. The number of nitrogens with zero attached hydrogens (tertiary/aromatic N) is 2. The zero-order chi connectivity index (χ0) is 11.4. The molecule has 16 heavy (non-hydrogen) atoms. The fraction of sp³-hybridized carbons (Fsp3) is 0.0833. The summed E-state index contributed by atoms with van der Waals surface area (Å²) in [4.78, 5) is 19.0. The zero-order valence-electron chi connectivity index (χ0n) is 8.45. The number of aliphatic carboxylic acids is 1. The number of pyridine rings is 2. The Bertz CT molecular complexity index is 431. The van der Waals surface area contributed by atoms with Gasteiger partial charge in [0.25, 0.3) is 0 Å². The molecule has 0 saturated carbocycles. The van der Waals surface area contributed by atoms with Crippen molar-refractivity contribution in [2.75, 3.05) is 0 Å². The summed E-state index contributed by atoms with van der Waals surface area (Å²) in [7, 11) is 0. The Hall–Kier alpha value is -2.23. The first-order valence-corrected chi connectivity index (χ1v) is 4.81. The van der Waals surface area contributed by atoms with Crippen LogP contribution < -0.4 is 0 Å². The van der Waals surface area contributed by atoms with Crippen molar-refractivity contribution in [2.45, 2.75) is 5.92 Å². The first-order valence-electron chi connectivity index (χ1n) is 4.81. The van der Waals surface area contributed by atoms with Crippen molar-refractivity contribution in [3.05, 3.63) is 60.2 Å². The van der Waals surface area contributed by atoms with Crippen LogP contribution in [0.15, 0.2) is 49.1 Å². The molecule has 0 aliphatic carbocycles. The van der Waals surface area contributed by atoms with Crippen LogP contribution in [0.5, 0.6) is 0 Å². The van der Waals surface area contributed by atoms with Crippen molar-refractivity contribution >= 4 is 5.97 Å². The molecular weight excluding hydrogens is 204 g/mol. The monoisotopic (exact) mass is 214 g/mol. The fourth-order valence-electron chi connectivity index (χ4n) is 1.59. The molecule has 0 bridgehead atoms. The number of hydrogen-bond acceptors (Lipinski definition) is 3. The summed E-state index contributed by atoms with van der Waals surface area (Å²) in [6, 6.07) is 6.83. The van der Waals surface area contributed by atoms with Crippen LogP contribution in [0.1, 0.15) is 17.0 Å². The molecule has 0 aromatic carbocycles. The minimum Gasteiger partial charge on any atom is -0.481 e. The maximum Gasteiger partial charge on any atom is 0.315 e. The molecule has 1 N–H and O–H groups in total. The average molecular weight is 214 g/mol. The molecule has 80 valence electrons. The predicted molar refractivity (Wildman–Crippen MR) is 58.0 cm³/mol. The van der Waals surface area contributed by atoms with Gasteiger partial charge in [-0.1, -0.05) is 0 Å². The second-order valence-corrected chi connectivity index (χ2v) is 3.33. The van der Waals surface area contributed by atoms with Crippen LogP contribution in [-0.2, 0) is 4.79 Å². The molecule has 0 atom stereocenters. The molecule has 0 saturated heterocycles. The summed E-state index contributed by atoms with van der Waals surface area (Å²) in [6.45, 7) is 0. The van der Waals surface area contributed by atoms with Gasteiger partial charge in [0.1, 0.15) is 5.92 Å². The minimum atomic E-state index is -0.877. The normalized spacial score (nSPS) is 10.3. The summed E-state index contributed by atoms with van der Waals surface area (Å²) >= 11 is 0. The van der Waals surface area contributed by atoms with E-state index in [1.807, 2.05) is 0 Å². The molecular formula is C12H10N2O2. The van der Waals surface area contributed by atoms with E-state index in [-0.39, 0.29) is 0 Å². The SMILES string of the molecule is O=C(O)C(c1ccncc1)c1ccncc1. The van der Waals surface area contributed by atoms with E-state index in [2.05, 4.69) is 9.97 Å². The summed E-state index contributed by atoms with van der Waals surface area (Å²) < 4.78 is 0. The topological polar surface area (TPSA) is 63.1 Å². The summed E-state index contributed by atoms with van der Waals surface area (Å²) in [5.74, 6) is -1.54. The lowest BCUT2D eigenvalue weighted by Crippen LogP contribution is -2.13. The van der Waals surface area contributed by atoms with Crippen LogP contribution in [-0.4, -0.2) is 21.0 Å². The number of carboxylic acids is 1. The highest BCUT2D eigenvalue weighted by molar-refractivity contribution is 5.80. The van der Waals surface area contributed by atoms with Gasteiger partial charge in [0, 0.05) is 24.8 Å². The number of carboxylic acid groups (broad SMARTS) is 1. The lowest BCUT2D eigenvalue weighted by molar-refractivity contribution is -0.137. The molecule has 0 fully saturated rings. The average Bonchev–Trinajstić information content (AvgIpc) is 2.31. The van der Waals surface area contributed by atoms with E-state index < -0.39 is 11.9 Å². The van der Waals surface area contributed by atoms with Crippen LogP contribution in [0.3, 0.4) is 0 Å². The lowest BCUT2D eigenvalue weighted by atomic mass is 9.93. The zero-order valence-corrected chi connectivity index (χ0v) is 8.45. The third-order valence-electron chi connectivity index (χ3n) is 2.33. The highest BCUT2D eigenvalue weighted by atomic mass is 16.4. The van der Waals surface area contributed by atoms with Crippen molar-refractivity contribution in [1.29, 1.82) is 0 Å². The van der Waals surface area contributed by atoms with E-state index in [1.54, 1.807) is 49.1 Å². The molecule has 0 radical (unpaired) electrons. The molecule has 0 aliphatic rings. The van der Waals surface area contributed by atoms with Crippen molar-refractivity contribution < 1.29 is 9.90 Å². The minimum absolute atomic E-state index is 0.661. The molecule has 0 amide bonds. The Morgan fingerprint density at radius 1 is 0.938 bits per heavy atom. The van der Waals surface area contributed by atoms with Gasteiger partial charge in [-0.3, -0.25) is 14.8 Å². The van der Waals surface area contributed by atoms with Gasteiger partial charge in [-0.2, -0.15) is 0 Å². The fourth-order valence-corrected chi connectivity index (χ4v) is 1.59. The highest BCUT2D eigenvalue weighted by Gasteiger charge is 2.21. The van der Waals surface area contributed by atoms with E-state index in [4.69, 9.17) is 0 Å². The Balaban J connectivity index is 2.44. The van der Waals surface area contributed by atoms with Crippen molar-refractivity contribution in [3.63, 3.8) is 0 Å². The van der Waals surface area contributed by atoms with Gasteiger partial charge in [0.15, 0.2) is 0 Å². The smallest absolute Gasteiger partial charge is 0.315 e. The summed E-state index contributed by atoms with van der Waals surface area (Å²) in [5, 5.41) is 9.24. The Kier molecular flexibility index (Phi) is 2.91. The molecule has 4 heteroatoms. The molecule has 2 rings (SSSR count). The van der Waals surface area contributed by atoms with Gasteiger partial charge in [-0.05, 0) is 35.4 Å². The Labute approximate surface area is 92.6 Å². The largest absolute Gasteiger partial charge is 0.481 e. The lowest BCUT2D eigenvalue weighted by Gasteiger charge is -2.12. The second-order valence-electron chi connectivity index (χ2n) is 3.33. The third kappa shape index (κ3) is 2.06. The van der Waals surface area contributed by atoms with Crippen LogP contribution in [0.25, 0.3) is 0 Å². The van der Waals surface area contributed by atoms with Crippen LogP contribution >= 0.6 is 0 Å². The first-order chi connectivity index (χ1) is 7.79. The van der Waals surface area contributed by atoms with Crippen molar-refractivity contribution in [1.82, 2.24) is 9.97 Å². The van der Waals surface area contributed by atoms with Gasteiger partial charge in [-0.15, -0.1) is 0 Å². The maximum absolute atomic E-state index is 11.3. The molecule has 4 nitrogen and oxygen atoms in total. The number of aromatic nitrogens is 2. The third-order valence-corrected chi connectivity index (χ3v) is 2.33. The maximum atomic E-state index is 11.3. The standard InChI is InChI=1S/C12H10N2O2/c15-12(16)11(9-1-5-13-6-2-9)10-3-7-14-8-4-10/h1-8,11H,(H,15,16). The van der Waals surface area contributed by atoms with E-state index >= 15 is 0 Å². The van der Waals surface area contributed by atoms with Gasteiger partial charge in [-0.25, -0.2) is 0 Å². The quantitative estimate of drug-likeness (QED) is 0.844. The van der Waals surface area contributed by atoms with Gasteiger partial charge < -0.3 is 5.11 Å². The van der Waals surface area contributed by atoms with Crippen LogP contribution in [0.2, 0.25) is 0 Å². The van der Waals surface area contributed by atoms with Crippen molar-refractivity contribution in [2.24, 2.45) is 0 Å². The molecule has 0 unspecified atom stereocenters. The van der Waals surface area contributed by atoms with Gasteiger partial charge in [0.05, 0.1) is 0 Å². The molecule has 2 aromatic rings. The number of carbonyl (C=O) groups is 1. The van der Waals surface area contributed by atoms with Crippen molar-refractivity contribution in [3.8, 4) is 0 Å². The first kappa shape index (κ1) is 10.3. The number of hydrogen-bond donors (Lipinski definition) is 1. The molecule has 0 aliphatic heterocycles. The van der Waals surface area contributed by atoms with Gasteiger partial charge in [0.2, 0.25) is 0 Å². The van der Waals surface area contributed by atoms with Crippen LogP contribution in [0.4, 0.5) is 0 Å². The second kappa shape index (κ2) is 4.53. The van der Waals surface area contributed by atoms with E-state index in [0.29, 0.717) is 11.1 Å². The van der Waals surface area contributed by atoms with E-state index in [1.165, 1.54) is 0 Å². The molecule has 2 heterocycles. The Morgan fingerprint density at radius 3 is 1.62 bits per heavy atom. The predicted octanol–water partition coefficient (Wildman–Crippen LogP) is 1.69. The summed E-state index contributed by atoms with van der Waals surface area (Å²) in [6.07, 6.45) is 6.36. The van der Waals surface area contributed by atoms with E-state index in [0.717, 1.165) is 0 Å². The Morgan fingerprint density at radius 2 is 1.31 bits per heavy atom.